The SMILES string of the molecule is CCNC(C#N)CSc1ccc(Cl)cc1. The number of hydrogen-bond donors (Lipinski definition) is 1. The van der Waals surface area contributed by atoms with E-state index in [0.29, 0.717) is 0 Å². The molecule has 1 unspecified atom stereocenters. The molecule has 0 spiro atoms. The van der Waals surface area contributed by atoms with Crippen LogP contribution in [0.3, 0.4) is 0 Å². The van der Waals surface area contributed by atoms with E-state index in [1.807, 2.05) is 31.2 Å². The summed E-state index contributed by atoms with van der Waals surface area (Å²) in [6, 6.07) is 9.79. The molecule has 0 aromatic heterocycles. The lowest BCUT2D eigenvalue weighted by Gasteiger charge is -2.08. The number of benzene rings is 1. The first-order chi connectivity index (χ1) is 7.26. The highest BCUT2D eigenvalue weighted by atomic mass is 35.5. The van der Waals surface area contributed by atoms with Gasteiger partial charge in [0.05, 0.1) is 6.07 Å². The Morgan fingerprint density at radius 3 is 2.67 bits per heavy atom. The van der Waals surface area contributed by atoms with E-state index in [1.165, 1.54) is 0 Å². The number of nitriles is 1. The zero-order chi connectivity index (χ0) is 11.1. The van der Waals surface area contributed by atoms with Crippen molar-refractivity contribution in [2.75, 3.05) is 12.3 Å². The molecule has 0 heterocycles. The van der Waals surface area contributed by atoms with Gasteiger partial charge in [0, 0.05) is 15.7 Å². The van der Waals surface area contributed by atoms with Crippen molar-refractivity contribution in [3.05, 3.63) is 29.3 Å². The Balaban J connectivity index is 2.42. The van der Waals surface area contributed by atoms with Crippen LogP contribution in [-0.2, 0) is 0 Å². The first-order valence-corrected chi connectivity index (χ1v) is 6.14. The van der Waals surface area contributed by atoms with Gasteiger partial charge in [-0.05, 0) is 30.8 Å². The highest BCUT2D eigenvalue weighted by molar-refractivity contribution is 7.99. The molecule has 15 heavy (non-hydrogen) atoms. The molecular weight excluding hydrogens is 228 g/mol. The third-order valence-electron chi connectivity index (χ3n) is 1.84. The van der Waals surface area contributed by atoms with Crippen molar-refractivity contribution in [3.63, 3.8) is 0 Å². The summed E-state index contributed by atoms with van der Waals surface area (Å²) in [6.45, 7) is 2.82. The van der Waals surface area contributed by atoms with Gasteiger partial charge in [0.15, 0.2) is 0 Å². The van der Waals surface area contributed by atoms with Gasteiger partial charge in [-0.15, -0.1) is 11.8 Å². The molecule has 0 saturated carbocycles. The molecular formula is C11H13ClN2S. The van der Waals surface area contributed by atoms with Crippen LogP contribution in [0, 0.1) is 11.3 Å². The molecule has 1 N–H and O–H groups in total. The normalized spacial score (nSPS) is 12.1. The average molecular weight is 241 g/mol. The van der Waals surface area contributed by atoms with Gasteiger partial charge in [-0.2, -0.15) is 5.26 Å². The van der Waals surface area contributed by atoms with Crippen molar-refractivity contribution in [1.82, 2.24) is 5.32 Å². The molecule has 1 atom stereocenters. The van der Waals surface area contributed by atoms with E-state index in [1.54, 1.807) is 11.8 Å². The van der Waals surface area contributed by atoms with E-state index in [2.05, 4.69) is 11.4 Å². The molecule has 0 saturated heterocycles. The second kappa shape index (κ2) is 6.73. The third kappa shape index (κ3) is 4.57. The average Bonchev–Trinajstić information content (AvgIpc) is 2.26. The topological polar surface area (TPSA) is 35.8 Å². The maximum atomic E-state index is 8.83. The second-order valence-corrected chi connectivity index (χ2v) is 4.53. The van der Waals surface area contributed by atoms with Gasteiger partial charge in [-0.1, -0.05) is 18.5 Å². The summed E-state index contributed by atoms with van der Waals surface area (Å²) in [5.74, 6) is 0.756. The Labute approximate surface area is 99.6 Å². The largest absolute Gasteiger partial charge is 0.302 e. The standard InChI is InChI=1S/C11H13ClN2S/c1-2-14-10(7-13)8-15-11-5-3-9(12)4-6-11/h3-6,10,14H,2,8H2,1H3. The number of hydrogen-bond acceptors (Lipinski definition) is 3. The minimum absolute atomic E-state index is 0.0873. The molecule has 0 fully saturated rings. The predicted octanol–water partition coefficient (Wildman–Crippen LogP) is 2.93. The number of halogens is 1. The molecule has 4 heteroatoms. The Morgan fingerprint density at radius 2 is 2.13 bits per heavy atom. The molecule has 0 amide bonds. The van der Waals surface area contributed by atoms with Gasteiger partial charge in [-0.3, -0.25) is 0 Å². The molecule has 1 aromatic carbocycles. The van der Waals surface area contributed by atoms with Gasteiger partial charge >= 0.3 is 0 Å². The van der Waals surface area contributed by atoms with E-state index >= 15 is 0 Å². The van der Waals surface area contributed by atoms with E-state index in [0.717, 1.165) is 22.2 Å². The van der Waals surface area contributed by atoms with Crippen LogP contribution < -0.4 is 5.32 Å². The van der Waals surface area contributed by atoms with Crippen molar-refractivity contribution in [3.8, 4) is 6.07 Å². The van der Waals surface area contributed by atoms with Crippen LogP contribution in [0.1, 0.15) is 6.92 Å². The van der Waals surface area contributed by atoms with E-state index < -0.39 is 0 Å². The number of thioether (sulfide) groups is 1. The fourth-order valence-corrected chi connectivity index (χ4v) is 2.10. The lowest BCUT2D eigenvalue weighted by molar-refractivity contribution is 0.677. The summed E-state index contributed by atoms with van der Waals surface area (Å²) in [4.78, 5) is 1.14. The van der Waals surface area contributed by atoms with Crippen molar-refractivity contribution < 1.29 is 0 Å². The molecule has 0 radical (unpaired) electrons. The Morgan fingerprint density at radius 1 is 1.47 bits per heavy atom. The lowest BCUT2D eigenvalue weighted by Crippen LogP contribution is -2.29. The van der Waals surface area contributed by atoms with Crippen LogP contribution in [0.5, 0.6) is 0 Å². The maximum absolute atomic E-state index is 8.83. The highest BCUT2D eigenvalue weighted by Gasteiger charge is 2.05. The van der Waals surface area contributed by atoms with Crippen molar-refractivity contribution >= 4 is 23.4 Å². The highest BCUT2D eigenvalue weighted by Crippen LogP contribution is 2.20. The van der Waals surface area contributed by atoms with Crippen LogP contribution in [0.15, 0.2) is 29.2 Å². The first kappa shape index (κ1) is 12.4. The van der Waals surface area contributed by atoms with Gasteiger partial charge in [0.2, 0.25) is 0 Å². The van der Waals surface area contributed by atoms with Gasteiger partial charge < -0.3 is 5.32 Å². The fraction of sp³-hybridized carbons (Fsp3) is 0.364. The van der Waals surface area contributed by atoms with Crippen molar-refractivity contribution in [2.45, 2.75) is 17.9 Å². The number of nitrogens with one attached hydrogen (secondary N) is 1. The summed E-state index contributed by atoms with van der Waals surface area (Å²) in [5.41, 5.74) is 0. The molecule has 0 bridgehead atoms. The van der Waals surface area contributed by atoms with Gasteiger partial charge in [0.25, 0.3) is 0 Å². The monoisotopic (exact) mass is 240 g/mol. The van der Waals surface area contributed by atoms with Crippen LogP contribution in [0.25, 0.3) is 0 Å². The smallest absolute Gasteiger partial charge is 0.105 e. The predicted molar refractivity (Wildman–Crippen MR) is 65.3 cm³/mol. The Kier molecular flexibility index (Phi) is 5.56. The Bertz CT molecular complexity index is 331. The summed E-state index contributed by atoms with van der Waals surface area (Å²) < 4.78 is 0. The zero-order valence-corrected chi connectivity index (χ0v) is 10.1. The molecule has 0 aliphatic carbocycles. The van der Waals surface area contributed by atoms with Crippen molar-refractivity contribution in [1.29, 1.82) is 5.26 Å². The molecule has 1 rings (SSSR count). The fourth-order valence-electron chi connectivity index (χ4n) is 1.10. The summed E-state index contributed by atoms with van der Waals surface area (Å²) >= 11 is 7.44. The second-order valence-electron chi connectivity index (χ2n) is 3.00. The minimum Gasteiger partial charge on any atom is -0.302 e. The quantitative estimate of drug-likeness (QED) is 0.804. The van der Waals surface area contributed by atoms with Gasteiger partial charge in [-0.25, -0.2) is 0 Å². The summed E-state index contributed by atoms with van der Waals surface area (Å²) in [5, 5.41) is 12.7. The summed E-state index contributed by atoms with van der Waals surface area (Å²) in [6.07, 6.45) is 0. The van der Waals surface area contributed by atoms with E-state index in [-0.39, 0.29) is 6.04 Å². The molecule has 1 aromatic rings. The maximum Gasteiger partial charge on any atom is 0.105 e. The minimum atomic E-state index is -0.0873. The zero-order valence-electron chi connectivity index (χ0n) is 8.53. The first-order valence-electron chi connectivity index (χ1n) is 4.77. The molecule has 0 aliphatic rings. The summed E-state index contributed by atoms with van der Waals surface area (Å²) in [7, 11) is 0. The van der Waals surface area contributed by atoms with Crippen molar-refractivity contribution in [2.24, 2.45) is 0 Å². The Hall–Kier alpha value is -0.690. The van der Waals surface area contributed by atoms with Crippen LogP contribution in [0.2, 0.25) is 5.02 Å². The number of rotatable bonds is 5. The lowest BCUT2D eigenvalue weighted by atomic mass is 10.4. The number of nitrogens with zero attached hydrogens (tertiary/aromatic N) is 1. The van der Waals surface area contributed by atoms with E-state index in [4.69, 9.17) is 16.9 Å². The van der Waals surface area contributed by atoms with Crippen LogP contribution in [0.4, 0.5) is 0 Å². The van der Waals surface area contributed by atoms with Gasteiger partial charge in [0.1, 0.15) is 6.04 Å². The van der Waals surface area contributed by atoms with E-state index in [9.17, 15) is 0 Å². The molecule has 0 aliphatic heterocycles. The molecule has 80 valence electrons. The van der Waals surface area contributed by atoms with Crippen LogP contribution >= 0.6 is 23.4 Å². The third-order valence-corrected chi connectivity index (χ3v) is 3.19. The molecule has 2 nitrogen and oxygen atoms in total. The van der Waals surface area contributed by atoms with Crippen LogP contribution in [-0.4, -0.2) is 18.3 Å².